The number of pyridine rings is 1. The first-order valence-corrected chi connectivity index (χ1v) is 9.46. The van der Waals surface area contributed by atoms with Crippen LogP contribution in [0, 0.1) is 30.1 Å². The molecule has 2 aromatic heterocycles. The van der Waals surface area contributed by atoms with Crippen LogP contribution in [0.5, 0.6) is 0 Å². The molecule has 3 aliphatic carbocycles. The lowest BCUT2D eigenvalue weighted by atomic mass is 9.43. The summed E-state index contributed by atoms with van der Waals surface area (Å²) in [7, 11) is 0. The van der Waals surface area contributed by atoms with Crippen LogP contribution in [0.1, 0.15) is 56.6 Å². The van der Waals surface area contributed by atoms with Crippen LogP contribution in [-0.2, 0) is 12.0 Å². The Morgan fingerprint density at radius 2 is 2.15 bits per heavy atom. The molecule has 5 nitrogen and oxygen atoms in total. The molecule has 0 aliphatic heterocycles. The maximum atomic E-state index is 13.0. The number of nitriles is 1. The molecule has 0 saturated heterocycles. The van der Waals surface area contributed by atoms with Gasteiger partial charge in [-0.15, -0.1) is 0 Å². The Morgan fingerprint density at radius 1 is 1.42 bits per heavy atom. The lowest BCUT2D eigenvalue weighted by Gasteiger charge is -2.61. The van der Waals surface area contributed by atoms with E-state index in [1.165, 1.54) is 19.3 Å². The zero-order valence-electron chi connectivity index (χ0n) is 15.6. The first kappa shape index (κ1) is 17.0. The summed E-state index contributed by atoms with van der Waals surface area (Å²) < 4.78 is 1.65. The fourth-order valence-electron chi connectivity index (χ4n) is 4.40. The Kier molecular flexibility index (Phi) is 3.95. The summed E-state index contributed by atoms with van der Waals surface area (Å²) >= 11 is 0. The van der Waals surface area contributed by atoms with E-state index in [0.29, 0.717) is 24.0 Å². The Labute approximate surface area is 153 Å². The highest BCUT2D eigenvalue weighted by Gasteiger charge is 2.59. The number of aromatic nitrogens is 3. The molecule has 2 aromatic rings. The molecule has 3 fully saturated rings. The van der Waals surface area contributed by atoms with Crippen molar-refractivity contribution in [3.8, 4) is 17.3 Å². The summed E-state index contributed by atoms with van der Waals surface area (Å²) in [6.07, 6.45) is 6.29. The second-order valence-electron chi connectivity index (χ2n) is 8.08. The summed E-state index contributed by atoms with van der Waals surface area (Å²) in [6, 6.07) is 5.96. The number of rotatable bonds is 5. The van der Waals surface area contributed by atoms with Crippen LogP contribution in [0.3, 0.4) is 0 Å². The fraction of sp³-hybridized carbons (Fsp3) is 0.524. The number of hydrogen-bond acceptors (Lipinski definition) is 4. The second kappa shape index (κ2) is 6.05. The SMILES string of the molecule is CCC(C)Cn1c(C)nc(-c2cccnc2C23CC(C2)C3)c(C#N)c1=O. The van der Waals surface area contributed by atoms with Crippen LogP contribution >= 0.6 is 0 Å². The van der Waals surface area contributed by atoms with Gasteiger partial charge in [-0.25, -0.2) is 4.98 Å². The predicted octanol–water partition coefficient (Wildman–Crippen LogP) is 3.58. The van der Waals surface area contributed by atoms with Crippen molar-refractivity contribution >= 4 is 0 Å². The zero-order chi connectivity index (χ0) is 18.5. The number of hydrogen-bond donors (Lipinski definition) is 0. The van der Waals surface area contributed by atoms with E-state index in [1.807, 2.05) is 25.3 Å². The molecule has 134 valence electrons. The van der Waals surface area contributed by atoms with Gasteiger partial charge in [-0.2, -0.15) is 5.26 Å². The molecule has 2 bridgehead atoms. The standard InChI is InChI=1S/C21H24N4O/c1-4-13(2)12-25-14(3)24-18(17(11-22)20(25)26)16-6-5-7-23-19(16)21-8-15(9-21)10-21/h5-7,13,15H,4,8-10,12H2,1-3H3. The molecule has 3 saturated carbocycles. The van der Waals surface area contributed by atoms with Crippen LogP contribution in [0.4, 0.5) is 0 Å². The van der Waals surface area contributed by atoms with E-state index in [2.05, 4.69) is 24.9 Å². The molecule has 5 rings (SSSR count). The molecule has 0 radical (unpaired) electrons. The second-order valence-corrected chi connectivity index (χ2v) is 8.08. The molecule has 1 atom stereocenters. The Morgan fingerprint density at radius 3 is 2.73 bits per heavy atom. The molecule has 5 heteroatoms. The minimum atomic E-state index is -0.234. The third-order valence-corrected chi connectivity index (χ3v) is 6.27. The summed E-state index contributed by atoms with van der Waals surface area (Å²) in [5.74, 6) is 1.86. The maximum absolute atomic E-state index is 13.0. The molecule has 2 heterocycles. The quantitative estimate of drug-likeness (QED) is 0.828. The van der Waals surface area contributed by atoms with E-state index in [4.69, 9.17) is 4.98 Å². The average Bonchev–Trinajstić information content (AvgIpc) is 2.56. The Bertz CT molecular complexity index is 952. The van der Waals surface area contributed by atoms with Gasteiger partial charge >= 0.3 is 0 Å². The van der Waals surface area contributed by atoms with Crippen LogP contribution in [0.15, 0.2) is 23.1 Å². The molecule has 26 heavy (non-hydrogen) atoms. The van der Waals surface area contributed by atoms with Crippen molar-refractivity contribution in [3.05, 3.63) is 45.8 Å². The van der Waals surface area contributed by atoms with Gasteiger partial charge < -0.3 is 0 Å². The minimum absolute atomic E-state index is 0.139. The van der Waals surface area contributed by atoms with Gasteiger partial charge in [0.1, 0.15) is 17.5 Å². The highest BCUT2D eigenvalue weighted by Crippen LogP contribution is 2.65. The largest absolute Gasteiger partial charge is 0.295 e. The summed E-state index contributed by atoms with van der Waals surface area (Å²) in [6.45, 7) is 6.65. The smallest absolute Gasteiger partial charge is 0.272 e. The van der Waals surface area contributed by atoms with Gasteiger partial charge in [0.15, 0.2) is 0 Å². The van der Waals surface area contributed by atoms with Crippen LogP contribution in [-0.4, -0.2) is 14.5 Å². The lowest BCUT2D eigenvalue weighted by molar-refractivity contribution is -0.0303. The summed E-state index contributed by atoms with van der Waals surface area (Å²) in [5.41, 5.74) is 2.43. The molecule has 1 unspecified atom stereocenters. The van der Waals surface area contributed by atoms with Crippen LogP contribution in [0.2, 0.25) is 0 Å². The molecule has 0 aromatic carbocycles. The maximum Gasteiger partial charge on any atom is 0.272 e. The summed E-state index contributed by atoms with van der Waals surface area (Å²) in [4.78, 5) is 22.4. The average molecular weight is 348 g/mol. The first-order valence-electron chi connectivity index (χ1n) is 9.46. The van der Waals surface area contributed by atoms with E-state index >= 15 is 0 Å². The van der Waals surface area contributed by atoms with E-state index in [9.17, 15) is 10.1 Å². The Balaban J connectivity index is 1.86. The van der Waals surface area contributed by atoms with Crippen molar-refractivity contribution in [2.24, 2.45) is 11.8 Å². The molecule has 0 amide bonds. The molecular formula is C21H24N4O. The van der Waals surface area contributed by atoms with E-state index in [1.54, 1.807) is 4.57 Å². The van der Waals surface area contributed by atoms with Gasteiger partial charge in [0.05, 0.1) is 11.4 Å². The van der Waals surface area contributed by atoms with Crippen molar-refractivity contribution in [2.75, 3.05) is 0 Å². The highest BCUT2D eigenvalue weighted by atomic mass is 16.1. The van der Waals surface area contributed by atoms with Crippen molar-refractivity contribution in [3.63, 3.8) is 0 Å². The molecular weight excluding hydrogens is 324 g/mol. The van der Waals surface area contributed by atoms with Crippen molar-refractivity contribution < 1.29 is 0 Å². The van der Waals surface area contributed by atoms with Crippen molar-refractivity contribution in [1.29, 1.82) is 5.26 Å². The van der Waals surface area contributed by atoms with E-state index in [0.717, 1.165) is 23.6 Å². The van der Waals surface area contributed by atoms with Gasteiger partial charge in [0.2, 0.25) is 0 Å². The summed E-state index contributed by atoms with van der Waals surface area (Å²) in [5, 5.41) is 9.72. The molecule has 3 aliphatic rings. The number of aryl methyl sites for hydroxylation is 1. The van der Waals surface area contributed by atoms with E-state index < -0.39 is 0 Å². The van der Waals surface area contributed by atoms with Gasteiger partial charge in [-0.05, 0) is 50.2 Å². The predicted molar refractivity (Wildman–Crippen MR) is 99.7 cm³/mol. The Hall–Kier alpha value is -2.48. The van der Waals surface area contributed by atoms with Gasteiger partial charge in [-0.3, -0.25) is 14.3 Å². The molecule has 0 spiro atoms. The third-order valence-electron chi connectivity index (χ3n) is 6.27. The normalized spacial score (nSPS) is 24.3. The fourth-order valence-corrected chi connectivity index (χ4v) is 4.40. The minimum Gasteiger partial charge on any atom is -0.295 e. The first-order chi connectivity index (χ1) is 12.5. The van der Waals surface area contributed by atoms with Crippen molar-refractivity contribution in [2.45, 2.75) is 58.4 Å². The topological polar surface area (TPSA) is 71.6 Å². The van der Waals surface area contributed by atoms with Gasteiger partial charge in [-0.1, -0.05) is 20.3 Å². The van der Waals surface area contributed by atoms with E-state index in [-0.39, 0.29) is 16.5 Å². The molecule has 0 N–H and O–H groups in total. The van der Waals surface area contributed by atoms with Gasteiger partial charge in [0.25, 0.3) is 5.56 Å². The van der Waals surface area contributed by atoms with Crippen LogP contribution < -0.4 is 5.56 Å². The van der Waals surface area contributed by atoms with Gasteiger partial charge in [0, 0.05) is 23.7 Å². The number of nitrogens with zero attached hydrogens (tertiary/aromatic N) is 4. The van der Waals surface area contributed by atoms with Crippen molar-refractivity contribution in [1.82, 2.24) is 14.5 Å². The lowest BCUT2D eigenvalue weighted by Crippen LogP contribution is -2.55. The monoisotopic (exact) mass is 348 g/mol. The van der Waals surface area contributed by atoms with Crippen LogP contribution in [0.25, 0.3) is 11.3 Å². The third kappa shape index (κ3) is 2.39. The highest BCUT2D eigenvalue weighted by molar-refractivity contribution is 5.70. The zero-order valence-corrected chi connectivity index (χ0v) is 15.6.